The van der Waals surface area contributed by atoms with E-state index in [0.29, 0.717) is 17.0 Å². The van der Waals surface area contributed by atoms with Gasteiger partial charge in [0.2, 0.25) is 5.91 Å². The Morgan fingerprint density at radius 3 is 2.53 bits per heavy atom. The number of halogens is 1. The van der Waals surface area contributed by atoms with E-state index in [1.165, 1.54) is 18.9 Å². The molecule has 0 radical (unpaired) electrons. The van der Waals surface area contributed by atoms with Gasteiger partial charge in [0.05, 0.1) is 18.1 Å². The number of rotatable bonds is 4. The number of alkyl halides is 1. The smallest absolute Gasteiger partial charge is 0.223 e. The van der Waals surface area contributed by atoms with E-state index >= 15 is 0 Å². The molecule has 0 bridgehead atoms. The highest BCUT2D eigenvalue weighted by molar-refractivity contribution is 9.09. The van der Waals surface area contributed by atoms with Gasteiger partial charge in [-0.15, -0.1) is 0 Å². The Labute approximate surface area is 109 Å². The number of carbonyl (C=O) groups excluding carboxylic acids is 2. The van der Waals surface area contributed by atoms with Crippen LogP contribution in [-0.4, -0.2) is 31.2 Å². The van der Waals surface area contributed by atoms with Crippen molar-refractivity contribution in [1.29, 1.82) is 0 Å². The van der Waals surface area contributed by atoms with E-state index in [0.717, 1.165) is 0 Å². The standard InChI is InChI=1S/C12H14BrNO3/c1-8(15)14(2)10-6-9(11(16)7-13)4-5-12(10)17-3/h4-6H,7H2,1-3H3. The number of amides is 1. The van der Waals surface area contributed by atoms with Crippen molar-refractivity contribution >= 4 is 33.3 Å². The Hall–Kier alpha value is -1.36. The van der Waals surface area contributed by atoms with Gasteiger partial charge in [-0.25, -0.2) is 0 Å². The molecule has 0 saturated carbocycles. The fourth-order valence-electron chi connectivity index (χ4n) is 1.37. The minimum absolute atomic E-state index is 0.0362. The summed E-state index contributed by atoms with van der Waals surface area (Å²) in [6.45, 7) is 1.46. The number of nitrogens with zero attached hydrogens (tertiary/aromatic N) is 1. The molecule has 5 heteroatoms. The molecule has 0 spiro atoms. The maximum absolute atomic E-state index is 11.6. The monoisotopic (exact) mass is 299 g/mol. The summed E-state index contributed by atoms with van der Waals surface area (Å²) in [5, 5.41) is 0.253. The number of methoxy groups -OCH3 is 1. The molecule has 0 aliphatic rings. The first-order valence-electron chi connectivity index (χ1n) is 5.02. The second-order valence-electron chi connectivity index (χ2n) is 3.52. The molecule has 1 aromatic carbocycles. The lowest BCUT2D eigenvalue weighted by Crippen LogP contribution is -2.23. The molecule has 1 rings (SSSR count). The number of carbonyl (C=O) groups is 2. The fraction of sp³-hybridized carbons (Fsp3) is 0.333. The van der Waals surface area contributed by atoms with Crippen molar-refractivity contribution in [1.82, 2.24) is 0 Å². The summed E-state index contributed by atoms with van der Waals surface area (Å²) >= 11 is 3.12. The Bertz CT molecular complexity index is 445. The molecule has 92 valence electrons. The van der Waals surface area contributed by atoms with E-state index in [9.17, 15) is 9.59 Å². The van der Waals surface area contributed by atoms with Crippen molar-refractivity contribution in [3.05, 3.63) is 23.8 Å². The first-order chi connectivity index (χ1) is 8.01. The molecule has 0 aromatic heterocycles. The van der Waals surface area contributed by atoms with E-state index < -0.39 is 0 Å². The molecular weight excluding hydrogens is 286 g/mol. The molecule has 0 saturated heterocycles. The van der Waals surface area contributed by atoms with Crippen LogP contribution in [0.2, 0.25) is 0 Å². The molecule has 0 heterocycles. The van der Waals surface area contributed by atoms with Crippen molar-refractivity contribution in [3.63, 3.8) is 0 Å². The van der Waals surface area contributed by atoms with Crippen molar-refractivity contribution in [2.45, 2.75) is 6.92 Å². The third kappa shape index (κ3) is 3.06. The molecule has 0 aliphatic carbocycles. The van der Waals surface area contributed by atoms with Crippen LogP contribution in [-0.2, 0) is 4.79 Å². The van der Waals surface area contributed by atoms with Gasteiger partial charge in [-0.1, -0.05) is 15.9 Å². The Morgan fingerprint density at radius 1 is 1.41 bits per heavy atom. The lowest BCUT2D eigenvalue weighted by atomic mass is 10.1. The molecule has 1 amide bonds. The summed E-state index contributed by atoms with van der Waals surface area (Å²) in [5.74, 6) is 0.409. The molecular formula is C12H14BrNO3. The number of anilines is 1. The number of ketones is 1. The maximum Gasteiger partial charge on any atom is 0.223 e. The molecule has 4 nitrogen and oxygen atoms in total. The zero-order valence-electron chi connectivity index (χ0n) is 9.99. The zero-order chi connectivity index (χ0) is 13.0. The Morgan fingerprint density at radius 2 is 2.06 bits per heavy atom. The van der Waals surface area contributed by atoms with Crippen molar-refractivity contribution < 1.29 is 14.3 Å². The number of hydrogen-bond acceptors (Lipinski definition) is 3. The molecule has 0 atom stereocenters. The van der Waals surface area contributed by atoms with E-state index in [1.807, 2.05) is 0 Å². The topological polar surface area (TPSA) is 46.6 Å². The predicted molar refractivity (Wildman–Crippen MR) is 70.2 cm³/mol. The zero-order valence-corrected chi connectivity index (χ0v) is 11.6. The van der Waals surface area contributed by atoms with Gasteiger partial charge in [0.25, 0.3) is 0 Å². The van der Waals surface area contributed by atoms with Gasteiger partial charge >= 0.3 is 0 Å². The second-order valence-corrected chi connectivity index (χ2v) is 4.08. The molecule has 17 heavy (non-hydrogen) atoms. The number of Topliss-reactive ketones (excluding diaryl/α,β-unsaturated/α-hetero) is 1. The van der Waals surface area contributed by atoms with Crippen LogP contribution >= 0.6 is 15.9 Å². The number of benzene rings is 1. The van der Waals surface area contributed by atoms with Gasteiger partial charge in [0.1, 0.15) is 5.75 Å². The van der Waals surface area contributed by atoms with Crippen LogP contribution in [0.25, 0.3) is 0 Å². The van der Waals surface area contributed by atoms with Crippen molar-refractivity contribution in [2.75, 3.05) is 24.4 Å². The van der Waals surface area contributed by atoms with Gasteiger partial charge in [-0.05, 0) is 18.2 Å². The average molecular weight is 300 g/mol. The largest absolute Gasteiger partial charge is 0.495 e. The van der Waals surface area contributed by atoms with Crippen LogP contribution in [0.5, 0.6) is 5.75 Å². The summed E-state index contributed by atoms with van der Waals surface area (Å²) in [6, 6.07) is 5.02. The predicted octanol–water partition coefficient (Wildman–Crippen LogP) is 2.26. The summed E-state index contributed by atoms with van der Waals surface area (Å²) in [5.41, 5.74) is 1.14. The minimum atomic E-state index is -0.119. The first-order valence-corrected chi connectivity index (χ1v) is 6.15. The van der Waals surface area contributed by atoms with Gasteiger partial charge in [0, 0.05) is 19.5 Å². The first kappa shape index (κ1) is 13.7. The van der Waals surface area contributed by atoms with Crippen LogP contribution < -0.4 is 9.64 Å². The van der Waals surface area contributed by atoms with E-state index in [1.54, 1.807) is 25.2 Å². The summed E-state index contributed by atoms with van der Waals surface area (Å²) in [6.07, 6.45) is 0. The number of ether oxygens (including phenoxy) is 1. The van der Waals surface area contributed by atoms with E-state index in [-0.39, 0.29) is 17.0 Å². The Balaban J connectivity index is 3.24. The van der Waals surface area contributed by atoms with E-state index in [4.69, 9.17) is 4.74 Å². The van der Waals surface area contributed by atoms with E-state index in [2.05, 4.69) is 15.9 Å². The Kier molecular flexibility index (Phi) is 4.69. The summed E-state index contributed by atoms with van der Waals surface area (Å²) < 4.78 is 5.17. The van der Waals surface area contributed by atoms with Gasteiger partial charge in [-0.3, -0.25) is 9.59 Å². The third-order valence-corrected chi connectivity index (χ3v) is 2.97. The lowest BCUT2D eigenvalue weighted by Gasteiger charge is -2.19. The SMILES string of the molecule is COc1ccc(C(=O)CBr)cc1N(C)C(C)=O. The number of hydrogen-bond donors (Lipinski definition) is 0. The highest BCUT2D eigenvalue weighted by Gasteiger charge is 2.14. The van der Waals surface area contributed by atoms with Crippen LogP contribution in [0.1, 0.15) is 17.3 Å². The fourth-order valence-corrected chi connectivity index (χ4v) is 1.70. The van der Waals surface area contributed by atoms with Gasteiger partial charge in [-0.2, -0.15) is 0 Å². The second kappa shape index (κ2) is 5.82. The lowest BCUT2D eigenvalue weighted by molar-refractivity contribution is -0.116. The molecule has 0 N–H and O–H groups in total. The molecule has 0 fully saturated rings. The molecule has 0 unspecified atom stereocenters. The normalized spacial score (nSPS) is 9.88. The molecule has 1 aromatic rings. The van der Waals surface area contributed by atoms with Gasteiger partial charge < -0.3 is 9.64 Å². The van der Waals surface area contributed by atoms with Crippen molar-refractivity contribution in [2.24, 2.45) is 0 Å². The molecule has 0 aliphatic heterocycles. The minimum Gasteiger partial charge on any atom is -0.495 e. The van der Waals surface area contributed by atoms with Crippen LogP contribution in [0.3, 0.4) is 0 Å². The average Bonchev–Trinajstić information content (AvgIpc) is 2.35. The quantitative estimate of drug-likeness (QED) is 0.633. The maximum atomic E-state index is 11.6. The summed E-state index contributed by atoms with van der Waals surface area (Å²) in [4.78, 5) is 24.4. The highest BCUT2D eigenvalue weighted by atomic mass is 79.9. The van der Waals surface area contributed by atoms with Gasteiger partial charge in [0.15, 0.2) is 5.78 Å². The van der Waals surface area contributed by atoms with Crippen LogP contribution in [0.15, 0.2) is 18.2 Å². The third-order valence-electron chi connectivity index (χ3n) is 2.46. The summed E-state index contributed by atoms with van der Waals surface area (Å²) in [7, 11) is 3.17. The van der Waals surface area contributed by atoms with Crippen molar-refractivity contribution in [3.8, 4) is 5.75 Å². The highest BCUT2D eigenvalue weighted by Crippen LogP contribution is 2.29. The van der Waals surface area contributed by atoms with Crippen LogP contribution in [0, 0.1) is 0 Å². The van der Waals surface area contributed by atoms with Crippen LogP contribution in [0.4, 0.5) is 5.69 Å².